The van der Waals surface area contributed by atoms with Crippen molar-refractivity contribution >= 4 is 17.3 Å². The lowest BCUT2D eigenvalue weighted by molar-refractivity contribution is -0.00521. The van der Waals surface area contributed by atoms with Gasteiger partial charge in [0.05, 0.1) is 12.2 Å². The van der Waals surface area contributed by atoms with Crippen LogP contribution < -0.4 is 10.2 Å². The summed E-state index contributed by atoms with van der Waals surface area (Å²) in [5, 5.41) is 4.14. The average Bonchev–Trinajstić information content (AvgIpc) is 2.36. The van der Waals surface area contributed by atoms with Crippen molar-refractivity contribution in [2.24, 2.45) is 0 Å². The Morgan fingerprint density at radius 2 is 2.00 bits per heavy atom. The number of anilines is 1. The van der Waals surface area contributed by atoms with E-state index >= 15 is 0 Å². The second kappa shape index (κ2) is 6.60. The van der Waals surface area contributed by atoms with Gasteiger partial charge in [0, 0.05) is 30.3 Å². The Morgan fingerprint density at radius 3 is 2.58 bits per heavy atom. The number of ether oxygens (including phenoxy) is 1. The molecule has 1 saturated heterocycles. The van der Waals surface area contributed by atoms with Crippen molar-refractivity contribution in [3.63, 3.8) is 0 Å². The SMILES string of the molecule is CCNCc1ccc(N2CC(C)OC(C)C2)cc1Cl. The zero-order valence-electron chi connectivity index (χ0n) is 11.9. The minimum atomic E-state index is 0.268. The summed E-state index contributed by atoms with van der Waals surface area (Å²) in [6.45, 7) is 9.95. The minimum absolute atomic E-state index is 0.268. The molecule has 0 aromatic heterocycles. The summed E-state index contributed by atoms with van der Waals surface area (Å²) in [5.74, 6) is 0. The molecule has 1 aromatic carbocycles. The van der Waals surface area contributed by atoms with E-state index in [4.69, 9.17) is 16.3 Å². The Morgan fingerprint density at radius 1 is 1.32 bits per heavy atom. The van der Waals surface area contributed by atoms with Crippen LogP contribution in [0.25, 0.3) is 0 Å². The molecule has 0 spiro atoms. The molecule has 1 fully saturated rings. The molecule has 2 unspecified atom stereocenters. The molecule has 0 amide bonds. The van der Waals surface area contributed by atoms with Gasteiger partial charge < -0.3 is 15.0 Å². The van der Waals surface area contributed by atoms with Crippen molar-refractivity contribution in [1.82, 2.24) is 5.32 Å². The van der Waals surface area contributed by atoms with E-state index in [2.05, 4.69) is 49.2 Å². The van der Waals surface area contributed by atoms with Gasteiger partial charge >= 0.3 is 0 Å². The van der Waals surface area contributed by atoms with Gasteiger partial charge in [-0.3, -0.25) is 0 Å². The summed E-state index contributed by atoms with van der Waals surface area (Å²) in [4.78, 5) is 2.35. The van der Waals surface area contributed by atoms with Crippen molar-refractivity contribution in [1.29, 1.82) is 0 Å². The maximum Gasteiger partial charge on any atom is 0.0726 e. The van der Waals surface area contributed by atoms with Gasteiger partial charge in [-0.2, -0.15) is 0 Å². The van der Waals surface area contributed by atoms with Gasteiger partial charge in [-0.25, -0.2) is 0 Å². The fourth-order valence-electron chi connectivity index (χ4n) is 2.52. The zero-order valence-corrected chi connectivity index (χ0v) is 12.7. The van der Waals surface area contributed by atoms with E-state index < -0.39 is 0 Å². The molecule has 1 aromatic rings. The molecule has 1 aliphatic rings. The lowest BCUT2D eigenvalue weighted by Crippen LogP contribution is -2.45. The molecule has 1 N–H and O–H groups in total. The number of rotatable bonds is 4. The Bertz CT molecular complexity index is 415. The zero-order chi connectivity index (χ0) is 13.8. The summed E-state index contributed by atoms with van der Waals surface area (Å²) in [7, 11) is 0. The number of nitrogens with zero attached hydrogens (tertiary/aromatic N) is 1. The number of nitrogens with one attached hydrogen (secondary N) is 1. The molecular formula is C15H23ClN2O. The standard InChI is InChI=1S/C15H23ClN2O/c1-4-17-8-13-5-6-14(7-15(13)16)18-9-11(2)19-12(3)10-18/h5-7,11-12,17H,4,8-10H2,1-3H3. The normalized spacial score (nSPS) is 23.7. The maximum absolute atomic E-state index is 6.36. The van der Waals surface area contributed by atoms with E-state index in [0.29, 0.717) is 0 Å². The molecule has 2 atom stereocenters. The first-order valence-electron chi connectivity index (χ1n) is 6.99. The Labute approximate surface area is 120 Å². The van der Waals surface area contributed by atoms with Crippen LogP contribution in [0.3, 0.4) is 0 Å². The van der Waals surface area contributed by atoms with E-state index in [0.717, 1.165) is 36.8 Å². The molecule has 1 heterocycles. The van der Waals surface area contributed by atoms with Crippen LogP contribution in [0.15, 0.2) is 18.2 Å². The molecule has 4 heteroatoms. The fraction of sp³-hybridized carbons (Fsp3) is 0.600. The van der Waals surface area contributed by atoms with Crippen LogP contribution in [-0.2, 0) is 11.3 Å². The van der Waals surface area contributed by atoms with Crippen LogP contribution >= 0.6 is 11.6 Å². The number of benzene rings is 1. The number of morpholine rings is 1. The highest BCUT2D eigenvalue weighted by molar-refractivity contribution is 6.31. The van der Waals surface area contributed by atoms with Crippen LogP contribution in [0, 0.1) is 0 Å². The van der Waals surface area contributed by atoms with Crippen LogP contribution in [0.4, 0.5) is 5.69 Å². The first-order chi connectivity index (χ1) is 9.10. The molecule has 0 radical (unpaired) electrons. The lowest BCUT2D eigenvalue weighted by atomic mass is 10.1. The minimum Gasteiger partial charge on any atom is -0.372 e. The second-order valence-corrected chi connectivity index (χ2v) is 5.63. The summed E-state index contributed by atoms with van der Waals surface area (Å²) in [6, 6.07) is 6.34. The van der Waals surface area contributed by atoms with E-state index in [1.165, 1.54) is 5.69 Å². The Hall–Kier alpha value is -0.770. The Balaban J connectivity index is 2.10. The summed E-state index contributed by atoms with van der Waals surface area (Å²) >= 11 is 6.36. The quantitative estimate of drug-likeness (QED) is 0.919. The largest absolute Gasteiger partial charge is 0.372 e. The van der Waals surface area contributed by atoms with Gasteiger partial charge in [0.1, 0.15) is 0 Å². The van der Waals surface area contributed by atoms with Crippen LogP contribution in [0.5, 0.6) is 0 Å². The predicted octanol–water partition coefficient (Wildman–Crippen LogP) is 3.06. The average molecular weight is 283 g/mol. The smallest absolute Gasteiger partial charge is 0.0726 e. The number of hydrogen-bond donors (Lipinski definition) is 1. The number of halogens is 1. The summed E-state index contributed by atoms with van der Waals surface area (Å²) in [6.07, 6.45) is 0.535. The van der Waals surface area contributed by atoms with Gasteiger partial charge in [-0.05, 0) is 38.1 Å². The van der Waals surface area contributed by atoms with E-state index in [1.54, 1.807) is 0 Å². The molecule has 1 aliphatic heterocycles. The van der Waals surface area contributed by atoms with Crippen molar-refractivity contribution in [3.05, 3.63) is 28.8 Å². The van der Waals surface area contributed by atoms with Crippen molar-refractivity contribution < 1.29 is 4.74 Å². The highest BCUT2D eigenvalue weighted by Gasteiger charge is 2.22. The third-order valence-corrected chi connectivity index (χ3v) is 3.74. The topological polar surface area (TPSA) is 24.5 Å². The highest BCUT2D eigenvalue weighted by Crippen LogP contribution is 2.26. The van der Waals surface area contributed by atoms with Gasteiger partial charge in [-0.1, -0.05) is 24.6 Å². The first-order valence-corrected chi connectivity index (χ1v) is 7.37. The van der Waals surface area contributed by atoms with Gasteiger partial charge in [0.15, 0.2) is 0 Å². The van der Waals surface area contributed by atoms with Crippen LogP contribution in [-0.4, -0.2) is 31.8 Å². The molecule has 106 valence electrons. The second-order valence-electron chi connectivity index (χ2n) is 5.22. The molecule has 2 rings (SSSR count). The van der Waals surface area contributed by atoms with Crippen molar-refractivity contribution in [2.45, 2.75) is 39.5 Å². The van der Waals surface area contributed by atoms with E-state index in [1.807, 2.05) is 0 Å². The molecule has 0 saturated carbocycles. The molecular weight excluding hydrogens is 260 g/mol. The summed E-state index contributed by atoms with van der Waals surface area (Å²) in [5.41, 5.74) is 2.34. The lowest BCUT2D eigenvalue weighted by Gasteiger charge is -2.37. The summed E-state index contributed by atoms with van der Waals surface area (Å²) < 4.78 is 5.76. The fourth-order valence-corrected chi connectivity index (χ4v) is 2.77. The Kier molecular flexibility index (Phi) is 5.08. The molecule has 3 nitrogen and oxygen atoms in total. The maximum atomic E-state index is 6.36. The molecule has 0 aliphatic carbocycles. The molecule has 0 bridgehead atoms. The van der Waals surface area contributed by atoms with Crippen molar-refractivity contribution in [2.75, 3.05) is 24.5 Å². The number of hydrogen-bond acceptors (Lipinski definition) is 3. The monoisotopic (exact) mass is 282 g/mol. The van der Waals surface area contributed by atoms with Gasteiger partial charge in [0.2, 0.25) is 0 Å². The predicted molar refractivity (Wildman–Crippen MR) is 81.1 cm³/mol. The van der Waals surface area contributed by atoms with Crippen LogP contribution in [0.1, 0.15) is 26.3 Å². The van der Waals surface area contributed by atoms with Gasteiger partial charge in [-0.15, -0.1) is 0 Å². The third kappa shape index (κ3) is 3.85. The highest BCUT2D eigenvalue weighted by atomic mass is 35.5. The van der Waals surface area contributed by atoms with E-state index in [9.17, 15) is 0 Å². The third-order valence-electron chi connectivity index (χ3n) is 3.39. The van der Waals surface area contributed by atoms with Crippen LogP contribution in [0.2, 0.25) is 5.02 Å². The first kappa shape index (κ1) is 14.6. The molecule has 19 heavy (non-hydrogen) atoms. The van der Waals surface area contributed by atoms with Gasteiger partial charge in [0.25, 0.3) is 0 Å². The van der Waals surface area contributed by atoms with Crippen molar-refractivity contribution in [3.8, 4) is 0 Å². The van der Waals surface area contributed by atoms with E-state index in [-0.39, 0.29) is 12.2 Å².